The Bertz CT molecular complexity index is 713. The third-order valence-corrected chi connectivity index (χ3v) is 3.27. The first-order chi connectivity index (χ1) is 10.2. The molecule has 0 aliphatic carbocycles. The van der Waals surface area contributed by atoms with Gasteiger partial charge in [-0.15, -0.1) is 0 Å². The van der Waals surface area contributed by atoms with Crippen molar-refractivity contribution in [1.82, 2.24) is 15.0 Å². The molecule has 0 bridgehead atoms. The van der Waals surface area contributed by atoms with Crippen LogP contribution in [0.25, 0.3) is 0 Å². The number of ether oxygens (including phenoxy) is 1. The maximum atomic E-state index is 12.1. The van der Waals surface area contributed by atoms with Crippen molar-refractivity contribution >= 4 is 5.91 Å². The minimum atomic E-state index is -0.118. The minimum Gasteiger partial charge on any atom is -0.471 e. The van der Waals surface area contributed by atoms with Crippen molar-refractivity contribution in [3.63, 3.8) is 0 Å². The maximum Gasteiger partial charge on any atom is 0.259 e. The molecule has 1 amide bonds. The van der Waals surface area contributed by atoms with Crippen LogP contribution in [0.1, 0.15) is 21.7 Å². The second kappa shape index (κ2) is 5.25. The summed E-state index contributed by atoms with van der Waals surface area (Å²) in [4.78, 5) is 17.8. The zero-order valence-electron chi connectivity index (χ0n) is 11.3. The Hall–Kier alpha value is -2.88. The van der Waals surface area contributed by atoms with Crippen molar-refractivity contribution < 1.29 is 14.1 Å². The molecule has 1 fully saturated rings. The predicted molar refractivity (Wildman–Crippen MR) is 70.5 cm³/mol. The molecule has 1 saturated heterocycles. The second-order valence-corrected chi connectivity index (χ2v) is 4.74. The van der Waals surface area contributed by atoms with Crippen LogP contribution in [0.15, 0.2) is 29.0 Å². The van der Waals surface area contributed by atoms with Gasteiger partial charge in [0, 0.05) is 12.3 Å². The summed E-state index contributed by atoms with van der Waals surface area (Å²) in [5.41, 5.74) is 0.963. The van der Waals surface area contributed by atoms with Gasteiger partial charge in [0.15, 0.2) is 0 Å². The van der Waals surface area contributed by atoms with E-state index in [0.29, 0.717) is 35.9 Å². The molecule has 0 N–H and O–H groups in total. The van der Waals surface area contributed by atoms with Crippen LogP contribution in [0.5, 0.6) is 5.88 Å². The van der Waals surface area contributed by atoms with E-state index >= 15 is 0 Å². The highest BCUT2D eigenvalue weighted by atomic mass is 16.5. The topological polar surface area (TPSA) is 92.3 Å². The van der Waals surface area contributed by atoms with Crippen molar-refractivity contribution in [2.24, 2.45) is 0 Å². The molecular formula is C14H12N4O3. The zero-order chi connectivity index (χ0) is 14.8. The van der Waals surface area contributed by atoms with E-state index in [0.717, 1.165) is 0 Å². The third-order valence-electron chi connectivity index (χ3n) is 3.27. The zero-order valence-corrected chi connectivity index (χ0v) is 11.3. The molecule has 2 aromatic heterocycles. The monoisotopic (exact) mass is 284 g/mol. The van der Waals surface area contributed by atoms with Crippen LogP contribution in [-0.4, -0.2) is 40.1 Å². The van der Waals surface area contributed by atoms with Gasteiger partial charge in [-0.1, -0.05) is 5.16 Å². The summed E-state index contributed by atoms with van der Waals surface area (Å²) in [5, 5.41) is 12.4. The summed E-state index contributed by atoms with van der Waals surface area (Å²) in [5.74, 6) is 0.785. The molecule has 0 radical (unpaired) electrons. The van der Waals surface area contributed by atoms with Gasteiger partial charge in [0.05, 0.1) is 30.9 Å². The molecule has 7 heteroatoms. The fraction of sp³-hybridized carbons (Fsp3) is 0.286. The number of pyridine rings is 1. The first kappa shape index (κ1) is 13.1. The van der Waals surface area contributed by atoms with Crippen LogP contribution < -0.4 is 4.74 Å². The number of nitrogens with zero attached hydrogens (tertiary/aromatic N) is 4. The van der Waals surface area contributed by atoms with Crippen molar-refractivity contribution in [2.45, 2.75) is 13.0 Å². The maximum absolute atomic E-state index is 12.1. The molecule has 7 nitrogen and oxygen atoms in total. The number of rotatable bonds is 3. The molecule has 106 valence electrons. The van der Waals surface area contributed by atoms with E-state index < -0.39 is 0 Å². The van der Waals surface area contributed by atoms with Gasteiger partial charge in [0.25, 0.3) is 5.91 Å². The summed E-state index contributed by atoms with van der Waals surface area (Å²) < 4.78 is 10.5. The summed E-state index contributed by atoms with van der Waals surface area (Å²) in [6.07, 6.45) is 2.83. The van der Waals surface area contributed by atoms with Gasteiger partial charge >= 0.3 is 0 Å². The largest absolute Gasteiger partial charge is 0.471 e. The number of nitriles is 1. The highest BCUT2D eigenvalue weighted by Gasteiger charge is 2.34. The summed E-state index contributed by atoms with van der Waals surface area (Å²) >= 11 is 0. The molecule has 1 aliphatic rings. The van der Waals surface area contributed by atoms with E-state index in [9.17, 15) is 4.79 Å². The number of carbonyl (C=O) groups is 1. The van der Waals surface area contributed by atoms with E-state index in [2.05, 4.69) is 10.1 Å². The van der Waals surface area contributed by atoms with Gasteiger partial charge < -0.3 is 14.2 Å². The lowest BCUT2D eigenvalue weighted by Gasteiger charge is -2.38. The van der Waals surface area contributed by atoms with Gasteiger partial charge in [-0.25, -0.2) is 4.98 Å². The van der Waals surface area contributed by atoms with Crippen molar-refractivity contribution in [3.05, 3.63) is 41.4 Å². The van der Waals surface area contributed by atoms with Crippen molar-refractivity contribution in [3.8, 4) is 11.9 Å². The van der Waals surface area contributed by atoms with E-state index in [1.54, 1.807) is 24.0 Å². The highest BCUT2D eigenvalue weighted by molar-refractivity contribution is 5.95. The Labute approximate surface area is 120 Å². The predicted octanol–water partition coefficient (Wildman–Crippen LogP) is 1.15. The number of likely N-dealkylation sites (tertiary alicyclic amines) is 1. The molecule has 0 spiro atoms. The quantitative estimate of drug-likeness (QED) is 0.839. The number of amides is 1. The van der Waals surface area contributed by atoms with Crippen LogP contribution in [0.4, 0.5) is 0 Å². The molecule has 1 aliphatic heterocycles. The van der Waals surface area contributed by atoms with Gasteiger partial charge in [-0.3, -0.25) is 4.79 Å². The van der Waals surface area contributed by atoms with Crippen LogP contribution in [0.2, 0.25) is 0 Å². The van der Waals surface area contributed by atoms with Gasteiger partial charge in [0.2, 0.25) is 5.88 Å². The van der Waals surface area contributed by atoms with Crippen LogP contribution in [0, 0.1) is 18.3 Å². The highest BCUT2D eigenvalue weighted by Crippen LogP contribution is 2.20. The molecule has 0 atom stereocenters. The standard InChI is InChI=1S/C14H12N4O3/c1-9-12(6-17-21-9)14(19)18-7-11(8-18)20-13-4-10(5-15)2-3-16-13/h2-4,6,11H,7-8H2,1H3. The number of hydrogen-bond acceptors (Lipinski definition) is 6. The lowest BCUT2D eigenvalue weighted by molar-refractivity contribution is 0.0159. The van der Waals surface area contributed by atoms with Gasteiger partial charge in [-0.05, 0) is 13.0 Å². The average Bonchev–Trinajstić information content (AvgIpc) is 2.88. The Balaban J connectivity index is 1.58. The number of aromatic nitrogens is 2. The lowest BCUT2D eigenvalue weighted by Crippen LogP contribution is -2.56. The van der Waals surface area contributed by atoms with E-state index in [4.69, 9.17) is 14.5 Å². The molecule has 21 heavy (non-hydrogen) atoms. The smallest absolute Gasteiger partial charge is 0.259 e. The Morgan fingerprint density at radius 1 is 1.57 bits per heavy atom. The Morgan fingerprint density at radius 3 is 3.05 bits per heavy atom. The SMILES string of the molecule is Cc1oncc1C(=O)N1CC(Oc2cc(C#N)ccn2)C1. The van der Waals surface area contributed by atoms with E-state index in [1.807, 2.05) is 6.07 Å². The average molecular weight is 284 g/mol. The Morgan fingerprint density at radius 2 is 2.38 bits per heavy atom. The molecule has 0 saturated carbocycles. The third kappa shape index (κ3) is 2.56. The number of hydrogen-bond donors (Lipinski definition) is 0. The molecule has 0 unspecified atom stereocenters. The second-order valence-electron chi connectivity index (χ2n) is 4.74. The van der Waals surface area contributed by atoms with Gasteiger partial charge in [-0.2, -0.15) is 5.26 Å². The fourth-order valence-corrected chi connectivity index (χ4v) is 2.07. The Kier molecular flexibility index (Phi) is 3.28. The molecule has 2 aromatic rings. The fourth-order valence-electron chi connectivity index (χ4n) is 2.07. The first-order valence-corrected chi connectivity index (χ1v) is 6.40. The van der Waals surface area contributed by atoms with Crippen LogP contribution in [0.3, 0.4) is 0 Å². The number of carbonyl (C=O) groups excluding carboxylic acids is 1. The molecule has 0 aromatic carbocycles. The summed E-state index contributed by atoms with van der Waals surface area (Å²) in [6.45, 7) is 2.65. The summed E-state index contributed by atoms with van der Waals surface area (Å²) in [7, 11) is 0. The van der Waals surface area contributed by atoms with Crippen LogP contribution in [-0.2, 0) is 0 Å². The summed E-state index contributed by atoms with van der Waals surface area (Å²) in [6, 6.07) is 5.21. The molecular weight excluding hydrogens is 272 g/mol. The molecule has 3 heterocycles. The van der Waals surface area contributed by atoms with Crippen molar-refractivity contribution in [2.75, 3.05) is 13.1 Å². The van der Waals surface area contributed by atoms with Crippen molar-refractivity contribution in [1.29, 1.82) is 5.26 Å². The lowest BCUT2D eigenvalue weighted by atomic mass is 10.1. The van der Waals surface area contributed by atoms with Crippen LogP contribution >= 0.6 is 0 Å². The van der Waals surface area contributed by atoms with E-state index in [-0.39, 0.29) is 12.0 Å². The first-order valence-electron chi connectivity index (χ1n) is 6.40. The number of aryl methyl sites for hydroxylation is 1. The van der Waals surface area contributed by atoms with Gasteiger partial charge in [0.1, 0.15) is 17.4 Å². The normalized spacial score (nSPS) is 14.4. The molecule has 3 rings (SSSR count). The van der Waals surface area contributed by atoms with E-state index in [1.165, 1.54) is 12.4 Å². The minimum absolute atomic E-state index is 0.115.